The zero-order valence-corrected chi connectivity index (χ0v) is 10.1. The Morgan fingerprint density at radius 1 is 1.29 bits per heavy atom. The minimum absolute atomic E-state index is 0.175. The lowest BCUT2D eigenvalue weighted by atomic mass is 9.94. The van der Waals surface area contributed by atoms with Crippen LogP contribution in [0.4, 0.5) is 0 Å². The van der Waals surface area contributed by atoms with Gasteiger partial charge in [-0.1, -0.05) is 40.5 Å². The van der Waals surface area contributed by atoms with Gasteiger partial charge in [0.15, 0.2) is 0 Å². The van der Waals surface area contributed by atoms with E-state index in [1.807, 2.05) is 6.92 Å². The molecule has 1 N–H and O–H groups in total. The predicted molar refractivity (Wildman–Crippen MR) is 61.4 cm³/mol. The first kappa shape index (κ1) is 13.6. The number of carbonyl (C=O) groups excluding carboxylic acids is 1. The van der Waals surface area contributed by atoms with E-state index in [1.54, 1.807) is 0 Å². The molecule has 84 valence electrons. The molecule has 0 amide bonds. The fourth-order valence-corrected chi connectivity index (χ4v) is 1.61. The van der Waals surface area contributed by atoms with Crippen LogP contribution in [0, 0.1) is 11.8 Å². The van der Waals surface area contributed by atoms with E-state index >= 15 is 0 Å². The Morgan fingerprint density at radius 2 is 1.93 bits per heavy atom. The van der Waals surface area contributed by atoms with Crippen molar-refractivity contribution in [3.63, 3.8) is 0 Å². The minimum Gasteiger partial charge on any atom is -0.316 e. The highest BCUT2D eigenvalue weighted by atomic mass is 16.1. The van der Waals surface area contributed by atoms with Crippen molar-refractivity contribution in [2.24, 2.45) is 11.8 Å². The first-order valence-corrected chi connectivity index (χ1v) is 5.85. The summed E-state index contributed by atoms with van der Waals surface area (Å²) in [5, 5.41) is 3.21. The van der Waals surface area contributed by atoms with Crippen LogP contribution >= 0.6 is 0 Å². The van der Waals surface area contributed by atoms with Gasteiger partial charge in [-0.05, 0) is 12.5 Å². The predicted octanol–water partition coefficient (Wildman–Crippen LogP) is 2.63. The molecule has 2 heteroatoms. The lowest BCUT2D eigenvalue weighted by molar-refractivity contribution is -0.123. The van der Waals surface area contributed by atoms with Gasteiger partial charge in [0.25, 0.3) is 0 Å². The number of rotatable bonds is 8. The Kier molecular flexibility index (Phi) is 7.77. The molecule has 0 aliphatic carbocycles. The quantitative estimate of drug-likeness (QED) is 0.651. The van der Waals surface area contributed by atoms with E-state index in [4.69, 9.17) is 0 Å². The molecule has 0 aliphatic rings. The summed E-state index contributed by atoms with van der Waals surface area (Å²) in [6.45, 7) is 10.2. The van der Waals surface area contributed by atoms with E-state index < -0.39 is 0 Å². The summed E-state index contributed by atoms with van der Waals surface area (Å²) in [5.41, 5.74) is 0. The van der Waals surface area contributed by atoms with Crippen molar-refractivity contribution in [2.75, 3.05) is 13.1 Å². The van der Waals surface area contributed by atoms with Crippen molar-refractivity contribution in [2.45, 2.75) is 47.0 Å². The Labute approximate surface area is 88.5 Å². The molecule has 0 bridgehead atoms. The van der Waals surface area contributed by atoms with Gasteiger partial charge in [-0.15, -0.1) is 0 Å². The summed E-state index contributed by atoms with van der Waals surface area (Å²) >= 11 is 0. The zero-order valence-electron chi connectivity index (χ0n) is 10.1. The second-order valence-corrected chi connectivity index (χ2v) is 4.27. The van der Waals surface area contributed by atoms with Crippen LogP contribution in [0.15, 0.2) is 0 Å². The van der Waals surface area contributed by atoms with Crippen LogP contribution in [0.1, 0.15) is 47.0 Å². The molecule has 0 aromatic heterocycles. The Morgan fingerprint density at radius 3 is 2.43 bits per heavy atom. The second-order valence-electron chi connectivity index (χ2n) is 4.27. The van der Waals surface area contributed by atoms with Crippen molar-refractivity contribution in [1.82, 2.24) is 5.32 Å². The fraction of sp³-hybridized carbons (Fsp3) is 0.917. The van der Waals surface area contributed by atoms with Crippen molar-refractivity contribution < 1.29 is 4.79 Å². The van der Waals surface area contributed by atoms with Crippen LogP contribution in [0.2, 0.25) is 0 Å². The average molecular weight is 199 g/mol. The van der Waals surface area contributed by atoms with Gasteiger partial charge in [-0.25, -0.2) is 0 Å². The van der Waals surface area contributed by atoms with Gasteiger partial charge in [-0.2, -0.15) is 0 Å². The van der Waals surface area contributed by atoms with Crippen LogP contribution < -0.4 is 5.32 Å². The summed E-state index contributed by atoms with van der Waals surface area (Å²) in [5.74, 6) is 1.14. The van der Waals surface area contributed by atoms with E-state index in [1.165, 1.54) is 12.8 Å². The maximum absolute atomic E-state index is 11.7. The second kappa shape index (κ2) is 7.98. The van der Waals surface area contributed by atoms with E-state index in [0.717, 1.165) is 19.5 Å². The molecule has 0 aromatic carbocycles. The minimum atomic E-state index is 0.175. The summed E-state index contributed by atoms with van der Waals surface area (Å²) < 4.78 is 0. The molecule has 14 heavy (non-hydrogen) atoms. The maximum atomic E-state index is 11.7. The molecule has 0 rings (SSSR count). The molecule has 2 nitrogen and oxygen atoms in total. The highest BCUT2D eigenvalue weighted by molar-refractivity contribution is 5.81. The molecule has 0 spiro atoms. The highest BCUT2D eigenvalue weighted by Crippen LogP contribution is 2.13. The van der Waals surface area contributed by atoms with E-state index in [-0.39, 0.29) is 5.92 Å². The number of Topliss-reactive ketones (excluding diaryl/α,β-unsaturated/α-hetero) is 1. The Bertz CT molecular complexity index is 156. The van der Waals surface area contributed by atoms with Gasteiger partial charge in [0.05, 0.1) is 0 Å². The number of hydrogen-bond acceptors (Lipinski definition) is 2. The zero-order chi connectivity index (χ0) is 11.0. The van der Waals surface area contributed by atoms with Crippen LogP contribution in [0.3, 0.4) is 0 Å². The summed E-state index contributed by atoms with van der Waals surface area (Å²) in [4.78, 5) is 11.7. The molecular formula is C12H25NO. The third kappa shape index (κ3) is 6.14. The first-order chi connectivity index (χ1) is 6.61. The monoisotopic (exact) mass is 199 g/mol. The summed E-state index contributed by atoms with van der Waals surface area (Å²) in [6, 6.07) is 0. The number of hydrogen-bond donors (Lipinski definition) is 1. The van der Waals surface area contributed by atoms with E-state index in [9.17, 15) is 4.79 Å². The third-order valence-corrected chi connectivity index (χ3v) is 2.58. The van der Waals surface area contributed by atoms with Gasteiger partial charge in [0.1, 0.15) is 5.78 Å². The molecule has 0 saturated carbocycles. The third-order valence-electron chi connectivity index (χ3n) is 2.58. The Hall–Kier alpha value is -0.370. The van der Waals surface area contributed by atoms with Gasteiger partial charge >= 0.3 is 0 Å². The molecule has 2 unspecified atom stereocenters. The van der Waals surface area contributed by atoms with Gasteiger partial charge in [0.2, 0.25) is 0 Å². The SMILES string of the molecule is CCCC(C)CC(=O)C(C)CNCC. The number of ketones is 1. The molecule has 0 fully saturated rings. The summed E-state index contributed by atoms with van der Waals surface area (Å²) in [7, 11) is 0. The normalized spacial score (nSPS) is 15.1. The molecular weight excluding hydrogens is 174 g/mol. The lowest BCUT2D eigenvalue weighted by Gasteiger charge is -2.14. The maximum Gasteiger partial charge on any atom is 0.137 e. The molecule has 2 atom stereocenters. The summed E-state index contributed by atoms with van der Waals surface area (Å²) in [6.07, 6.45) is 3.09. The van der Waals surface area contributed by atoms with Crippen molar-refractivity contribution in [3.8, 4) is 0 Å². The van der Waals surface area contributed by atoms with Crippen molar-refractivity contribution >= 4 is 5.78 Å². The Balaban J connectivity index is 3.71. The van der Waals surface area contributed by atoms with Gasteiger partial charge in [0, 0.05) is 18.9 Å². The van der Waals surface area contributed by atoms with Crippen LogP contribution in [-0.4, -0.2) is 18.9 Å². The van der Waals surface area contributed by atoms with Crippen LogP contribution in [-0.2, 0) is 4.79 Å². The fourth-order valence-electron chi connectivity index (χ4n) is 1.61. The molecule has 0 aromatic rings. The number of carbonyl (C=O) groups is 1. The molecule has 0 radical (unpaired) electrons. The van der Waals surface area contributed by atoms with Crippen molar-refractivity contribution in [3.05, 3.63) is 0 Å². The van der Waals surface area contributed by atoms with E-state index in [2.05, 4.69) is 26.1 Å². The van der Waals surface area contributed by atoms with E-state index in [0.29, 0.717) is 11.7 Å². The number of nitrogens with one attached hydrogen (secondary N) is 1. The van der Waals surface area contributed by atoms with Crippen LogP contribution in [0.25, 0.3) is 0 Å². The molecule has 0 heterocycles. The first-order valence-electron chi connectivity index (χ1n) is 5.85. The average Bonchev–Trinajstić information content (AvgIpc) is 2.14. The largest absolute Gasteiger partial charge is 0.316 e. The molecule has 0 aliphatic heterocycles. The van der Waals surface area contributed by atoms with Crippen LogP contribution in [0.5, 0.6) is 0 Å². The van der Waals surface area contributed by atoms with Gasteiger partial charge in [-0.3, -0.25) is 4.79 Å². The highest BCUT2D eigenvalue weighted by Gasteiger charge is 2.14. The van der Waals surface area contributed by atoms with Crippen molar-refractivity contribution in [1.29, 1.82) is 0 Å². The molecule has 0 saturated heterocycles. The lowest BCUT2D eigenvalue weighted by Crippen LogP contribution is -2.27. The smallest absolute Gasteiger partial charge is 0.137 e. The van der Waals surface area contributed by atoms with Gasteiger partial charge < -0.3 is 5.32 Å². The standard InChI is InChI=1S/C12H25NO/c1-5-7-10(3)8-12(14)11(4)9-13-6-2/h10-11,13H,5-9H2,1-4H3. The topological polar surface area (TPSA) is 29.1 Å².